The Bertz CT molecular complexity index is 961. The lowest BCUT2D eigenvalue weighted by molar-refractivity contribution is 0.101. The van der Waals surface area contributed by atoms with Crippen LogP contribution in [0.3, 0.4) is 0 Å². The lowest BCUT2D eigenvalue weighted by Gasteiger charge is -1.99. The maximum Gasteiger partial charge on any atom is 0.189 e. The number of carbonyl (C=O) groups excluding carboxylic acids is 2. The number of pyridine rings is 1. The van der Waals surface area contributed by atoms with Crippen molar-refractivity contribution in [2.24, 2.45) is 0 Å². The van der Waals surface area contributed by atoms with Crippen LogP contribution in [0.4, 0.5) is 0 Å². The number of aryl methyl sites for hydroxylation is 1. The second-order valence-corrected chi connectivity index (χ2v) is 6.86. The van der Waals surface area contributed by atoms with E-state index in [0.29, 0.717) is 38.2 Å². The van der Waals surface area contributed by atoms with Gasteiger partial charge in [-0.05, 0) is 32.4 Å². The number of hydrogen-bond donors (Lipinski definition) is 2. The molecule has 3 rings (SSSR count). The Morgan fingerprint density at radius 2 is 2.04 bits per heavy atom. The number of thioether (sulfide) groups is 1. The van der Waals surface area contributed by atoms with Crippen molar-refractivity contribution in [1.29, 1.82) is 0 Å². The summed E-state index contributed by atoms with van der Waals surface area (Å²) in [7, 11) is 0. The maximum atomic E-state index is 12.5. The van der Waals surface area contributed by atoms with E-state index in [0.717, 1.165) is 5.69 Å². The monoisotopic (exact) mass is 362 g/mol. The molecule has 6 nitrogen and oxygen atoms in total. The number of Topliss-reactive ketones (excluding diaryl/α,β-unsaturated/α-hetero) is 2. The van der Waals surface area contributed by atoms with Crippen molar-refractivity contribution < 1.29 is 9.59 Å². The van der Waals surface area contributed by atoms with Gasteiger partial charge in [-0.1, -0.05) is 23.4 Å². The van der Waals surface area contributed by atoms with E-state index in [-0.39, 0.29) is 17.3 Å². The molecule has 0 bridgehead atoms. The van der Waals surface area contributed by atoms with Crippen LogP contribution in [0.15, 0.2) is 17.4 Å². The number of imidazole rings is 1. The molecule has 0 aromatic carbocycles. The van der Waals surface area contributed by atoms with Crippen LogP contribution in [0.25, 0.3) is 11.2 Å². The zero-order chi connectivity index (χ0) is 17.4. The predicted octanol–water partition coefficient (Wildman–Crippen LogP) is 3.73. The highest BCUT2D eigenvalue weighted by molar-refractivity contribution is 7.99. The Kier molecular flexibility index (Phi) is 4.47. The average Bonchev–Trinajstić information content (AvgIpc) is 3.04. The van der Waals surface area contributed by atoms with Gasteiger partial charge in [0.2, 0.25) is 0 Å². The number of ketones is 2. The molecule has 0 atom stereocenters. The van der Waals surface area contributed by atoms with E-state index in [1.807, 2.05) is 0 Å². The standard InChI is InChI=1S/C16H15ClN4O2S/c1-7-13(9(3)22)8(2)19-14(7)12(23)6-24-16-20-11-4-10(17)5-18-15(11)21-16/h4-5,19H,6H2,1-3H3,(H,18,20,21). The SMILES string of the molecule is CC(=O)c1c(C)[nH]c(C(=O)CSc2nc3cc(Cl)cnc3[nH]2)c1C. The van der Waals surface area contributed by atoms with Crippen molar-refractivity contribution in [3.63, 3.8) is 0 Å². The molecule has 0 radical (unpaired) electrons. The maximum absolute atomic E-state index is 12.5. The zero-order valence-electron chi connectivity index (χ0n) is 13.4. The van der Waals surface area contributed by atoms with Gasteiger partial charge in [0, 0.05) is 17.5 Å². The number of nitrogens with one attached hydrogen (secondary N) is 2. The quantitative estimate of drug-likeness (QED) is 0.533. The number of rotatable bonds is 5. The molecule has 2 N–H and O–H groups in total. The molecule has 0 aliphatic rings. The molecule has 24 heavy (non-hydrogen) atoms. The lowest BCUT2D eigenvalue weighted by atomic mass is 10.1. The average molecular weight is 363 g/mol. The predicted molar refractivity (Wildman–Crippen MR) is 94.2 cm³/mol. The van der Waals surface area contributed by atoms with Crippen LogP contribution in [0.1, 0.15) is 39.0 Å². The van der Waals surface area contributed by atoms with Crippen LogP contribution in [-0.4, -0.2) is 37.3 Å². The molecule has 0 unspecified atom stereocenters. The lowest BCUT2D eigenvalue weighted by Crippen LogP contribution is -2.05. The van der Waals surface area contributed by atoms with Crippen molar-refractivity contribution in [2.75, 3.05) is 5.75 Å². The van der Waals surface area contributed by atoms with Gasteiger partial charge in [0.15, 0.2) is 22.4 Å². The Hall–Kier alpha value is -2.12. The number of aromatic amines is 2. The van der Waals surface area contributed by atoms with Crippen molar-refractivity contribution in [3.05, 3.63) is 39.8 Å². The Morgan fingerprint density at radius 1 is 1.29 bits per heavy atom. The highest BCUT2D eigenvalue weighted by Gasteiger charge is 2.20. The largest absolute Gasteiger partial charge is 0.355 e. The number of aromatic nitrogens is 4. The third-order valence-corrected chi connectivity index (χ3v) is 4.77. The minimum Gasteiger partial charge on any atom is -0.355 e. The van der Waals surface area contributed by atoms with Gasteiger partial charge in [-0.25, -0.2) is 9.97 Å². The number of halogens is 1. The Labute approximate surface area is 147 Å². The molecular weight excluding hydrogens is 348 g/mol. The van der Waals surface area contributed by atoms with Crippen LogP contribution in [-0.2, 0) is 0 Å². The highest BCUT2D eigenvalue weighted by Crippen LogP contribution is 2.23. The van der Waals surface area contributed by atoms with E-state index >= 15 is 0 Å². The summed E-state index contributed by atoms with van der Waals surface area (Å²) >= 11 is 7.17. The normalized spacial score (nSPS) is 11.2. The minimum absolute atomic E-state index is 0.0480. The first kappa shape index (κ1) is 16.7. The van der Waals surface area contributed by atoms with Gasteiger partial charge in [0.25, 0.3) is 0 Å². The molecule has 8 heteroatoms. The van der Waals surface area contributed by atoms with Gasteiger partial charge in [0.05, 0.1) is 16.5 Å². The number of nitrogens with zero attached hydrogens (tertiary/aromatic N) is 2. The third-order valence-electron chi connectivity index (χ3n) is 3.69. The fourth-order valence-corrected chi connectivity index (χ4v) is 3.58. The molecule has 3 heterocycles. The van der Waals surface area contributed by atoms with E-state index in [1.54, 1.807) is 19.9 Å². The van der Waals surface area contributed by atoms with Crippen LogP contribution >= 0.6 is 23.4 Å². The summed E-state index contributed by atoms with van der Waals surface area (Å²) in [4.78, 5) is 38.7. The van der Waals surface area contributed by atoms with Crippen molar-refractivity contribution in [2.45, 2.75) is 25.9 Å². The second kappa shape index (κ2) is 6.41. The smallest absolute Gasteiger partial charge is 0.189 e. The fourth-order valence-electron chi connectivity index (χ4n) is 2.68. The minimum atomic E-state index is -0.0838. The van der Waals surface area contributed by atoms with Gasteiger partial charge in [0.1, 0.15) is 5.52 Å². The molecule has 3 aromatic rings. The fraction of sp³-hybridized carbons (Fsp3) is 0.250. The number of fused-ring (bicyclic) bond motifs is 1. The topological polar surface area (TPSA) is 91.5 Å². The Morgan fingerprint density at radius 3 is 2.71 bits per heavy atom. The molecule has 0 saturated carbocycles. The molecule has 0 amide bonds. The van der Waals surface area contributed by atoms with Gasteiger partial charge in [-0.2, -0.15) is 0 Å². The summed E-state index contributed by atoms with van der Waals surface area (Å²) < 4.78 is 0. The first-order chi connectivity index (χ1) is 11.4. The summed E-state index contributed by atoms with van der Waals surface area (Å²) in [5.41, 5.74) is 3.76. The summed E-state index contributed by atoms with van der Waals surface area (Å²) in [6.07, 6.45) is 1.54. The van der Waals surface area contributed by atoms with Gasteiger partial charge < -0.3 is 9.97 Å². The van der Waals surface area contributed by atoms with Gasteiger partial charge in [-0.3, -0.25) is 9.59 Å². The van der Waals surface area contributed by atoms with E-state index in [1.165, 1.54) is 24.9 Å². The highest BCUT2D eigenvalue weighted by atomic mass is 35.5. The summed E-state index contributed by atoms with van der Waals surface area (Å²) in [6.45, 7) is 5.08. The second-order valence-electron chi connectivity index (χ2n) is 5.46. The summed E-state index contributed by atoms with van der Waals surface area (Å²) in [6, 6.07) is 1.71. The van der Waals surface area contributed by atoms with Crippen LogP contribution in [0.2, 0.25) is 5.02 Å². The van der Waals surface area contributed by atoms with Crippen molar-refractivity contribution in [3.8, 4) is 0 Å². The van der Waals surface area contributed by atoms with E-state index < -0.39 is 0 Å². The van der Waals surface area contributed by atoms with Crippen LogP contribution in [0, 0.1) is 13.8 Å². The molecule has 0 saturated heterocycles. The molecular formula is C16H15ClN4O2S. The van der Waals surface area contributed by atoms with Crippen molar-refractivity contribution >= 4 is 46.1 Å². The van der Waals surface area contributed by atoms with E-state index in [4.69, 9.17) is 11.6 Å². The zero-order valence-corrected chi connectivity index (χ0v) is 14.9. The number of carbonyl (C=O) groups is 2. The first-order valence-electron chi connectivity index (χ1n) is 7.24. The molecule has 0 aliphatic heterocycles. The molecule has 124 valence electrons. The number of hydrogen-bond acceptors (Lipinski definition) is 5. The molecule has 0 fully saturated rings. The van der Waals surface area contributed by atoms with Crippen LogP contribution < -0.4 is 0 Å². The van der Waals surface area contributed by atoms with Crippen molar-refractivity contribution in [1.82, 2.24) is 19.9 Å². The summed E-state index contributed by atoms with van der Waals surface area (Å²) in [5.74, 6) is 0.0684. The number of H-pyrrole nitrogens is 2. The van der Waals surface area contributed by atoms with Crippen LogP contribution in [0.5, 0.6) is 0 Å². The van der Waals surface area contributed by atoms with Gasteiger partial charge in [-0.15, -0.1) is 0 Å². The summed E-state index contributed by atoms with van der Waals surface area (Å²) in [5, 5.41) is 1.11. The Balaban J connectivity index is 1.77. The third kappa shape index (κ3) is 3.09. The van der Waals surface area contributed by atoms with E-state index in [9.17, 15) is 9.59 Å². The van der Waals surface area contributed by atoms with E-state index in [2.05, 4.69) is 19.9 Å². The first-order valence-corrected chi connectivity index (χ1v) is 8.60. The molecule has 0 spiro atoms. The molecule has 3 aromatic heterocycles. The van der Waals surface area contributed by atoms with Gasteiger partial charge >= 0.3 is 0 Å². The molecule has 0 aliphatic carbocycles.